The number of aromatic hydroxyl groups is 2. The van der Waals surface area contributed by atoms with Crippen LogP contribution in [0.25, 0.3) is 14.5 Å². The van der Waals surface area contributed by atoms with Crippen LogP contribution in [0.1, 0.15) is 168 Å². The smallest absolute Gasteiger partial charge is 0.411 e. The van der Waals surface area contributed by atoms with Gasteiger partial charge in [-0.1, -0.05) is 229 Å². The number of ether oxygens (including phenoxy) is 2. The second-order valence-corrected chi connectivity index (χ2v) is 78.2. The summed E-state index contributed by atoms with van der Waals surface area (Å²) in [5.74, 6) is 4.90. The lowest BCUT2D eigenvalue weighted by molar-refractivity contribution is -0.128. The molecule has 0 aliphatic carbocycles. The Morgan fingerprint density at radius 3 is 0.887 bits per heavy atom. The minimum Gasteiger partial charge on any atom is -0.543 e. The van der Waals surface area contributed by atoms with Crippen LogP contribution in [-0.2, 0) is 36.7 Å². The third-order valence-electron chi connectivity index (χ3n) is 26.9. The Bertz CT molecular complexity index is 6230. The fourth-order valence-electron chi connectivity index (χ4n) is 12.6. The van der Waals surface area contributed by atoms with E-state index in [2.05, 4.69) is 252 Å². The average Bonchev–Trinajstić information content (AvgIpc) is 0.851. The lowest BCUT2D eigenvalue weighted by Crippen LogP contribution is -2.62. The van der Waals surface area contributed by atoms with E-state index in [0.29, 0.717) is 120 Å². The van der Waals surface area contributed by atoms with Gasteiger partial charge in [0, 0.05) is 62.9 Å². The van der Waals surface area contributed by atoms with Crippen LogP contribution in [0.5, 0.6) is 34.5 Å². The summed E-state index contributed by atoms with van der Waals surface area (Å²) in [7, 11) is -8.92. The van der Waals surface area contributed by atoms with Gasteiger partial charge in [0.05, 0.1) is 102 Å². The molecule has 0 bridgehead atoms. The highest BCUT2D eigenvalue weighted by Gasteiger charge is 2.51. The Kier molecular flexibility index (Phi) is 45.3. The Morgan fingerprint density at radius 2 is 0.640 bits per heavy atom. The van der Waals surface area contributed by atoms with Crippen molar-refractivity contribution in [3.63, 3.8) is 0 Å². The first kappa shape index (κ1) is 131. The molecule has 150 heavy (non-hydrogen) atoms. The standard InChI is InChI=1S/C21H26ClN3O2Si.C20H32ClNO4Si.C15H12ClN3O2.C15H24ClNO2Si.C12H18BrClOSi.C8H13NO3.C6H4BrClO.C6H3BrN2.C6H15ClSi/c1-20(2,3)28(5,6)27-16-8-9-17(18(22)11-16)21(26)13-25(14-21)19-10-7-15(23-4)12-24-19;1-18(2,3)25-17(23)22-12-20(24,13-22)15-10-9-14(11-16(15)21)26-27(7,8)19(4,5)6;1-17-10-2-5-14(18-7-10)19-8-15(21,9-19)12-4-3-11(20)6-13(12)16;1-14(2,3)20(4,5)19-11-6-7-12(13(16)8-11)15(18)9-17-10-15;1-12(2,3)16(4,5)15-9-6-7-10(13)11(14)8-9;1-8(2,3)12-7(11)9-4-6(10)5-9;7-5-2-1-4(9)3-6(5)8;1-8-5-2-3-6(7)9-4-5;1-6(2,3)8(4,5)7/h7-12,26H,13-14H2,1-3,5-6H3;9-11,24H,12-13H2,1-8H3;2-7,20-21H,8-9H2;6-8,17-18H,9-10H2,1-5H3;6-8H,1-5H3;4-5H2,1-3H3;1-3,9H;2-4H;1-5H3. The molecular weight excluding hydrogens is 2330 g/mol. The third kappa shape index (κ3) is 38.1. The minimum atomic E-state index is -1.97. The number of ketones is 1. The summed E-state index contributed by atoms with van der Waals surface area (Å²) in [6, 6.07) is 42.0. The molecule has 0 unspecified atom stereocenters. The first-order valence-electron chi connectivity index (χ1n) is 48.5. The summed E-state index contributed by atoms with van der Waals surface area (Å²) in [6.07, 6.45) is 3.74. The van der Waals surface area contributed by atoms with Crippen LogP contribution >= 0.6 is 128 Å². The van der Waals surface area contributed by atoms with Gasteiger partial charge in [0.15, 0.2) is 13.2 Å². The topological polar surface area (TPSA) is 305 Å². The summed E-state index contributed by atoms with van der Waals surface area (Å²) >= 11 is 52.9. The minimum absolute atomic E-state index is 0.0694. The number of amides is 2. The molecule has 6 aromatic carbocycles. The zero-order chi connectivity index (χ0) is 114. The lowest BCUT2D eigenvalue weighted by Gasteiger charge is -2.47. The summed E-state index contributed by atoms with van der Waals surface area (Å²) in [6.45, 7) is 89.6. The van der Waals surface area contributed by atoms with Gasteiger partial charge in [-0.3, -0.25) is 24.6 Å². The maximum Gasteiger partial charge on any atom is 0.411 e. The summed E-state index contributed by atoms with van der Waals surface area (Å²) in [5, 5.41) is 68.0. The number of hydrogen-bond acceptors (Lipinski definition) is 21. The fraction of sp³-hybridized carbons (Fsp3) is 0.477. The molecule has 5 saturated heterocycles. The van der Waals surface area contributed by atoms with Crippen LogP contribution in [0.3, 0.4) is 0 Å². The normalized spacial score (nSPS) is 15.5. The molecule has 14 rings (SSSR count). The molecule has 41 heteroatoms. The van der Waals surface area contributed by atoms with E-state index in [-0.39, 0.29) is 63.6 Å². The number of carbonyl (C=O) groups excluding carboxylic acids is 3. The van der Waals surface area contributed by atoms with Crippen molar-refractivity contribution in [3.8, 4) is 34.5 Å². The Balaban J connectivity index is 0.000000265. The number of aromatic nitrogens is 3. The van der Waals surface area contributed by atoms with Crippen molar-refractivity contribution in [1.82, 2.24) is 30.1 Å². The molecule has 5 aliphatic rings. The number of carbonyl (C=O) groups is 3. The highest BCUT2D eigenvalue weighted by Crippen LogP contribution is 2.49. The number of hydrogen-bond donors (Lipinski definition) is 7. The lowest BCUT2D eigenvalue weighted by atomic mass is 9.86. The van der Waals surface area contributed by atoms with Gasteiger partial charge < -0.3 is 77.8 Å². The first-order valence-corrected chi connectivity index (χ1v) is 68.8. The number of benzene rings is 6. The SMILES string of the molecule is CC(C)(C)OC(=O)N1CC(=O)C1.CC(C)(C)OC(=O)N1CC(O)(c2ccc(O[Si](C)(C)C(C)(C)C)cc2Cl)C1.CC(C)(C)[Si](C)(C)Cl.CC(C)(C)[Si](C)(C)Oc1ccc(Br)c(Cl)c1.CC(C)(C)[Si](C)(C)Oc1ccc(C2(O)CNC2)c(Cl)c1.Oc1ccc(Br)c(Cl)c1.[C-]#[N+]c1ccc(Br)nc1.[C-]#[N+]c1ccc(N2CC(O)(c3ccc(O)cc3Cl)C2)nc1.[C-]#[N+]c1ccc(N2CC(O)(c3ccc(O[Si](C)(C)C(C)(C)C)cc3Cl)C2)nc1. The monoisotopic (exact) mass is 2470 g/mol. The maximum atomic E-state index is 12.1. The zero-order valence-corrected chi connectivity index (χ0v) is 107. The predicted octanol–water partition coefficient (Wildman–Crippen LogP) is 31.5. The molecule has 2 amide bonds. The second kappa shape index (κ2) is 51.9. The highest BCUT2D eigenvalue weighted by molar-refractivity contribution is 9.11. The average molecular weight is 2480 g/mol. The quantitative estimate of drug-likeness (QED) is 0.0230. The Morgan fingerprint density at radius 1 is 0.373 bits per heavy atom. The number of Topliss-reactive ketones (excluding diaryl/α,β-unsaturated/α-hetero) is 1. The predicted molar refractivity (Wildman–Crippen MR) is 634 cm³/mol. The van der Waals surface area contributed by atoms with Gasteiger partial charge in [0.1, 0.15) is 84.3 Å². The van der Waals surface area contributed by atoms with Gasteiger partial charge in [-0.05, 0) is 270 Å². The Labute approximate surface area is 953 Å². The highest BCUT2D eigenvalue weighted by atomic mass is 79.9. The molecular formula is C109H147Br3Cl7N11O15Si5. The number of halogens is 10. The van der Waals surface area contributed by atoms with Gasteiger partial charge in [-0.25, -0.2) is 24.1 Å². The number of anilines is 2. The number of likely N-dealkylation sites (tertiary alicyclic amines) is 2. The molecule has 26 nitrogen and oxygen atoms in total. The molecule has 5 fully saturated rings. The van der Waals surface area contributed by atoms with Crippen molar-refractivity contribution in [1.29, 1.82) is 0 Å². The van der Waals surface area contributed by atoms with Gasteiger partial charge in [0.2, 0.25) is 50.3 Å². The molecule has 0 spiro atoms. The molecule has 8 heterocycles. The van der Waals surface area contributed by atoms with E-state index in [1.54, 1.807) is 99.8 Å². The number of pyridine rings is 3. The molecule has 0 radical (unpaired) electrons. The first-order chi connectivity index (χ1) is 68.3. The van der Waals surface area contributed by atoms with Crippen LogP contribution in [0.4, 0.5) is 38.3 Å². The number of phenolic OH excluding ortho intramolecular Hbond substituents is 2. The molecule has 0 saturated carbocycles. The molecule has 0 atom stereocenters. The molecule has 3 aromatic heterocycles. The van der Waals surface area contributed by atoms with E-state index in [9.17, 15) is 39.9 Å². The number of aliphatic hydroxyl groups is 4. The van der Waals surface area contributed by atoms with Gasteiger partial charge in [-0.2, -0.15) is 11.1 Å². The van der Waals surface area contributed by atoms with E-state index in [1.807, 2.05) is 85.2 Å². The second-order valence-electron chi connectivity index (χ2n) is 47.0. The van der Waals surface area contributed by atoms with Crippen LogP contribution in [0.2, 0.25) is 121 Å². The zero-order valence-electron chi connectivity index (χ0n) is 91.8. The van der Waals surface area contributed by atoms with E-state index in [1.165, 1.54) is 40.4 Å². The molecule has 9 aromatic rings. The van der Waals surface area contributed by atoms with Crippen LogP contribution in [0.15, 0.2) is 178 Å². The van der Waals surface area contributed by atoms with E-state index in [0.717, 1.165) is 42.2 Å². The largest absolute Gasteiger partial charge is 0.543 e. The van der Waals surface area contributed by atoms with Gasteiger partial charge in [-0.15, -0.1) is 0 Å². The number of rotatable bonds is 14. The van der Waals surface area contributed by atoms with Gasteiger partial charge in [0.25, 0.3) is 0 Å². The van der Waals surface area contributed by atoms with E-state index in [4.69, 9.17) is 133 Å². The third-order valence-corrected chi connectivity index (χ3v) is 53.8. The van der Waals surface area contributed by atoms with Crippen molar-refractivity contribution < 1.29 is 72.2 Å². The Hall–Kier alpha value is -7.80. The van der Waals surface area contributed by atoms with Crippen molar-refractivity contribution in [2.45, 2.75) is 270 Å². The molecule has 5 aliphatic heterocycles. The van der Waals surface area contributed by atoms with Gasteiger partial charge >= 0.3 is 12.2 Å². The molecule has 818 valence electrons. The summed E-state index contributed by atoms with van der Waals surface area (Å²) in [4.78, 5) is 62.6. The van der Waals surface area contributed by atoms with Crippen molar-refractivity contribution in [2.24, 2.45) is 0 Å². The maximum absolute atomic E-state index is 12.1. The van der Waals surface area contributed by atoms with Crippen LogP contribution < -0.4 is 32.8 Å². The van der Waals surface area contributed by atoms with E-state index >= 15 is 0 Å². The summed E-state index contributed by atoms with van der Waals surface area (Å²) in [5.41, 5.74) is -0.878. The summed E-state index contributed by atoms with van der Waals surface area (Å²) < 4.78 is 37.7. The van der Waals surface area contributed by atoms with Crippen LogP contribution in [-0.4, -0.2) is 191 Å². The fourth-order valence-corrected chi connectivity index (χ4v) is 19.2. The van der Waals surface area contributed by atoms with Crippen molar-refractivity contribution in [2.75, 3.05) is 75.2 Å². The van der Waals surface area contributed by atoms with Crippen molar-refractivity contribution in [3.05, 3.63) is 264 Å². The number of β-amino-alcohol motifs (C(OH)–C–C–N with tert-alkyl or cyclic N) is 4. The number of nitrogens with zero attached hydrogens (tertiary/aromatic N) is 10. The number of nitrogens with one attached hydrogen (secondary N) is 1. The van der Waals surface area contributed by atoms with Crippen LogP contribution in [0, 0.1) is 19.7 Å². The van der Waals surface area contributed by atoms with Crippen molar-refractivity contribution >= 4 is 216 Å². The molecule has 7 N–H and O–H groups in total. The number of phenols is 2. The van der Waals surface area contributed by atoms with E-state index < -0.39 is 86.4 Å².